The Balaban J connectivity index is 2.44. The van der Waals surface area contributed by atoms with Crippen molar-refractivity contribution in [1.29, 1.82) is 0 Å². The number of rotatable bonds is 5. The predicted molar refractivity (Wildman–Crippen MR) is 82.8 cm³/mol. The van der Waals surface area contributed by atoms with E-state index >= 15 is 0 Å². The topological polar surface area (TPSA) is 62.5 Å². The fraction of sp³-hybridized carbons (Fsp3) is 0.333. The zero-order chi connectivity index (χ0) is 15.6. The van der Waals surface area contributed by atoms with Crippen LogP contribution in [-0.2, 0) is 23.2 Å². The van der Waals surface area contributed by atoms with E-state index in [0.29, 0.717) is 17.9 Å². The summed E-state index contributed by atoms with van der Waals surface area (Å²) in [5.41, 5.74) is 2.20. The molecular formula is C15H20N2O3S. The quantitative estimate of drug-likeness (QED) is 0.920. The number of aromatic nitrogens is 1. The summed E-state index contributed by atoms with van der Waals surface area (Å²) >= 11 is 0. The number of nitrogens with zero attached hydrogens (tertiary/aromatic N) is 2. The first-order valence-corrected chi connectivity index (χ1v) is 8.19. The Bertz CT molecular complexity index is 714. The molecule has 6 heteroatoms. The Morgan fingerprint density at radius 3 is 2.52 bits per heavy atom. The van der Waals surface area contributed by atoms with Gasteiger partial charge in [0, 0.05) is 25.5 Å². The van der Waals surface area contributed by atoms with E-state index in [4.69, 9.17) is 0 Å². The molecule has 0 amide bonds. The Kier molecular flexibility index (Phi) is 4.39. The minimum atomic E-state index is -3.63. The summed E-state index contributed by atoms with van der Waals surface area (Å²) in [6, 6.07) is 8.84. The minimum Gasteiger partial charge on any atom is -0.390 e. The molecule has 0 unspecified atom stereocenters. The van der Waals surface area contributed by atoms with Crippen molar-refractivity contribution < 1.29 is 13.5 Å². The molecule has 0 aliphatic carbocycles. The first-order chi connectivity index (χ1) is 9.90. The highest BCUT2D eigenvalue weighted by Crippen LogP contribution is 2.24. The fourth-order valence-corrected chi connectivity index (χ4v) is 3.47. The van der Waals surface area contributed by atoms with E-state index in [1.165, 1.54) is 17.4 Å². The molecule has 5 nitrogen and oxygen atoms in total. The molecular weight excluding hydrogens is 288 g/mol. The van der Waals surface area contributed by atoms with E-state index in [2.05, 4.69) is 0 Å². The molecule has 0 saturated heterocycles. The van der Waals surface area contributed by atoms with E-state index in [1.54, 1.807) is 16.8 Å². The van der Waals surface area contributed by atoms with Crippen LogP contribution >= 0.6 is 0 Å². The SMILES string of the molecule is CCn1cc(S(=O)(=O)N(C)c2cccc(C)c2)cc1CO. The number of hydrogen-bond donors (Lipinski definition) is 1. The van der Waals surface area contributed by atoms with Crippen LogP contribution in [-0.4, -0.2) is 25.1 Å². The number of aliphatic hydroxyl groups is 1. The van der Waals surface area contributed by atoms with Gasteiger partial charge >= 0.3 is 0 Å². The molecule has 1 aromatic carbocycles. The second-order valence-corrected chi connectivity index (χ2v) is 6.89. The molecule has 114 valence electrons. The van der Waals surface area contributed by atoms with Crippen LogP contribution in [0.5, 0.6) is 0 Å². The smallest absolute Gasteiger partial charge is 0.265 e. The predicted octanol–water partition coefficient (Wildman–Crippen LogP) is 2.13. The van der Waals surface area contributed by atoms with Gasteiger partial charge < -0.3 is 9.67 Å². The van der Waals surface area contributed by atoms with Crippen LogP contribution in [0.1, 0.15) is 18.2 Å². The molecule has 0 bridgehead atoms. The highest BCUT2D eigenvalue weighted by Gasteiger charge is 2.23. The largest absolute Gasteiger partial charge is 0.390 e. The fourth-order valence-electron chi connectivity index (χ4n) is 2.21. The lowest BCUT2D eigenvalue weighted by molar-refractivity contribution is 0.271. The molecule has 1 aromatic heterocycles. The van der Waals surface area contributed by atoms with Crippen LogP contribution in [0, 0.1) is 6.92 Å². The van der Waals surface area contributed by atoms with Gasteiger partial charge in [0.1, 0.15) is 4.90 Å². The first-order valence-electron chi connectivity index (χ1n) is 6.75. The van der Waals surface area contributed by atoms with Gasteiger partial charge in [-0.1, -0.05) is 12.1 Å². The van der Waals surface area contributed by atoms with Gasteiger partial charge in [-0.25, -0.2) is 8.42 Å². The summed E-state index contributed by atoms with van der Waals surface area (Å²) in [7, 11) is -2.10. The first kappa shape index (κ1) is 15.6. The second kappa shape index (κ2) is 5.91. The summed E-state index contributed by atoms with van der Waals surface area (Å²) in [5, 5.41) is 9.29. The maximum absolute atomic E-state index is 12.7. The van der Waals surface area contributed by atoms with Crippen molar-refractivity contribution in [1.82, 2.24) is 4.57 Å². The highest BCUT2D eigenvalue weighted by atomic mass is 32.2. The van der Waals surface area contributed by atoms with Gasteiger partial charge in [-0.05, 0) is 37.6 Å². The van der Waals surface area contributed by atoms with E-state index in [9.17, 15) is 13.5 Å². The van der Waals surface area contributed by atoms with Gasteiger partial charge in [-0.3, -0.25) is 4.31 Å². The number of hydrogen-bond acceptors (Lipinski definition) is 3. The Morgan fingerprint density at radius 2 is 2.00 bits per heavy atom. The molecule has 1 N–H and O–H groups in total. The number of benzene rings is 1. The molecule has 0 aliphatic heterocycles. The lowest BCUT2D eigenvalue weighted by Crippen LogP contribution is -2.26. The molecule has 0 atom stereocenters. The van der Waals surface area contributed by atoms with Crippen molar-refractivity contribution in [3.63, 3.8) is 0 Å². The summed E-state index contributed by atoms with van der Waals surface area (Å²) < 4.78 is 28.3. The van der Waals surface area contributed by atoms with Gasteiger partial charge in [-0.2, -0.15) is 0 Å². The number of sulfonamides is 1. The maximum atomic E-state index is 12.7. The van der Waals surface area contributed by atoms with Gasteiger partial charge in [0.15, 0.2) is 0 Å². The van der Waals surface area contributed by atoms with Gasteiger partial charge in [-0.15, -0.1) is 0 Å². The molecule has 2 aromatic rings. The van der Waals surface area contributed by atoms with E-state index < -0.39 is 10.0 Å². The average molecular weight is 308 g/mol. The summed E-state index contributed by atoms with van der Waals surface area (Å²) in [6.45, 7) is 4.25. The van der Waals surface area contributed by atoms with Crippen molar-refractivity contribution in [3.05, 3.63) is 47.8 Å². The third-order valence-electron chi connectivity index (χ3n) is 3.49. The van der Waals surface area contributed by atoms with Gasteiger partial charge in [0.05, 0.1) is 12.3 Å². The van der Waals surface area contributed by atoms with Crippen LogP contribution in [0.3, 0.4) is 0 Å². The van der Waals surface area contributed by atoms with Crippen LogP contribution < -0.4 is 4.31 Å². The highest BCUT2D eigenvalue weighted by molar-refractivity contribution is 7.92. The van der Waals surface area contributed by atoms with E-state index in [-0.39, 0.29) is 11.5 Å². The zero-order valence-corrected chi connectivity index (χ0v) is 13.3. The molecule has 21 heavy (non-hydrogen) atoms. The van der Waals surface area contributed by atoms with Crippen molar-refractivity contribution in [2.75, 3.05) is 11.4 Å². The Labute approximate surface area is 125 Å². The second-order valence-electron chi connectivity index (χ2n) is 4.92. The number of anilines is 1. The van der Waals surface area contributed by atoms with Gasteiger partial charge in [0.2, 0.25) is 0 Å². The third-order valence-corrected chi connectivity index (χ3v) is 5.24. The maximum Gasteiger partial charge on any atom is 0.265 e. The standard InChI is InChI=1S/C15H20N2O3S/c1-4-17-10-15(9-14(17)11-18)21(19,20)16(3)13-7-5-6-12(2)8-13/h5-10,18H,4,11H2,1-3H3. The molecule has 0 saturated carbocycles. The summed E-state index contributed by atoms with van der Waals surface area (Å²) in [5.74, 6) is 0. The summed E-state index contributed by atoms with van der Waals surface area (Å²) in [4.78, 5) is 0.192. The molecule has 0 radical (unpaired) electrons. The molecule has 1 heterocycles. The molecule has 0 spiro atoms. The van der Waals surface area contributed by atoms with Crippen LogP contribution in [0.25, 0.3) is 0 Å². The van der Waals surface area contributed by atoms with E-state index in [1.807, 2.05) is 32.0 Å². The zero-order valence-electron chi connectivity index (χ0n) is 12.4. The molecule has 0 fully saturated rings. The van der Waals surface area contributed by atoms with Crippen molar-refractivity contribution >= 4 is 15.7 Å². The number of aliphatic hydroxyl groups excluding tert-OH is 1. The van der Waals surface area contributed by atoms with Crippen molar-refractivity contribution in [2.45, 2.75) is 31.9 Å². The van der Waals surface area contributed by atoms with Crippen LogP contribution in [0.4, 0.5) is 5.69 Å². The lowest BCUT2D eigenvalue weighted by Gasteiger charge is -2.19. The van der Waals surface area contributed by atoms with Crippen LogP contribution in [0.2, 0.25) is 0 Å². The Morgan fingerprint density at radius 1 is 1.29 bits per heavy atom. The molecule has 0 aliphatic rings. The average Bonchev–Trinajstić information content (AvgIpc) is 2.90. The third kappa shape index (κ3) is 2.96. The van der Waals surface area contributed by atoms with Crippen molar-refractivity contribution in [2.24, 2.45) is 0 Å². The summed E-state index contributed by atoms with van der Waals surface area (Å²) in [6.07, 6.45) is 1.56. The monoisotopic (exact) mass is 308 g/mol. The normalized spacial score (nSPS) is 11.6. The molecule has 2 rings (SSSR count). The lowest BCUT2D eigenvalue weighted by atomic mass is 10.2. The Hall–Kier alpha value is -1.79. The van der Waals surface area contributed by atoms with E-state index in [0.717, 1.165) is 5.56 Å². The number of aryl methyl sites for hydroxylation is 2. The minimum absolute atomic E-state index is 0.183. The van der Waals surface area contributed by atoms with Crippen molar-refractivity contribution in [3.8, 4) is 0 Å². The van der Waals surface area contributed by atoms with Crippen LogP contribution in [0.15, 0.2) is 41.4 Å². The van der Waals surface area contributed by atoms with Gasteiger partial charge in [0.25, 0.3) is 10.0 Å².